The van der Waals surface area contributed by atoms with E-state index in [9.17, 15) is 9.90 Å². The SMILES string of the molecule is CC(O)C1CCN(CC(=O)N(C)Cc2cccs2)CC1. The summed E-state index contributed by atoms with van der Waals surface area (Å²) in [5, 5.41) is 11.6. The van der Waals surface area contributed by atoms with Crippen LogP contribution in [0.2, 0.25) is 0 Å². The number of aliphatic hydroxyl groups is 1. The summed E-state index contributed by atoms with van der Waals surface area (Å²) >= 11 is 1.68. The van der Waals surface area contributed by atoms with Gasteiger partial charge < -0.3 is 10.0 Å². The average molecular weight is 296 g/mol. The number of hydrogen-bond acceptors (Lipinski definition) is 4. The van der Waals surface area contributed by atoms with Crippen LogP contribution in [-0.2, 0) is 11.3 Å². The van der Waals surface area contributed by atoms with Crippen LogP contribution >= 0.6 is 11.3 Å². The van der Waals surface area contributed by atoms with Gasteiger partial charge in [0.25, 0.3) is 0 Å². The van der Waals surface area contributed by atoms with Crippen molar-refractivity contribution < 1.29 is 9.90 Å². The first-order valence-electron chi connectivity index (χ1n) is 7.23. The van der Waals surface area contributed by atoms with Crippen LogP contribution in [0.4, 0.5) is 0 Å². The van der Waals surface area contributed by atoms with Crippen molar-refractivity contribution in [3.63, 3.8) is 0 Å². The zero-order valence-electron chi connectivity index (χ0n) is 12.3. The highest BCUT2D eigenvalue weighted by Crippen LogP contribution is 2.20. The lowest BCUT2D eigenvalue weighted by Crippen LogP contribution is -2.43. The lowest BCUT2D eigenvalue weighted by atomic mass is 9.92. The molecule has 1 saturated heterocycles. The van der Waals surface area contributed by atoms with Gasteiger partial charge in [-0.05, 0) is 50.2 Å². The van der Waals surface area contributed by atoms with Crippen molar-refractivity contribution in [3.05, 3.63) is 22.4 Å². The third-order valence-electron chi connectivity index (χ3n) is 4.07. The maximum Gasteiger partial charge on any atom is 0.236 e. The van der Waals surface area contributed by atoms with Crippen LogP contribution < -0.4 is 0 Å². The molecule has 1 unspecified atom stereocenters. The second kappa shape index (κ2) is 7.20. The molecular formula is C15H24N2O2S. The highest BCUT2D eigenvalue weighted by atomic mass is 32.1. The Morgan fingerprint density at radius 2 is 2.25 bits per heavy atom. The zero-order valence-corrected chi connectivity index (χ0v) is 13.1. The van der Waals surface area contributed by atoms with Crippen molar-refractivity contribution in [2.24, 2.45) is 5.92 Å². The van der Waals surface area contributed by atoms with E-state index in [4.69, 9.17) is 0 Å². The summed E-state index contributed by atoms with van der Waals surface area (Å²) in [6.07, 6.45) is 1.74. The fourth-order valence-electron chi connectivity index (χ4n) is 2.63. The quantitative estimate of drug-likeness (QED) is 0.901. The molecule has 1 atom stereocenters. The number of thiophene rings is 1. The highest BCUT2D eigenvalue weighted by molar-refractivity contribution is 7.09. The van der Waals surface area contributed by atoms with Crippen LogP contribution in [0, 0.1) is 5.92 Å². The first kappa shape index (κ1) is 15.5. The Labute approximate surface area is 125 Å². The molecule has 0 aliphatic carbocycles. The van der Waals surface area contributed by atoms with Crippen LogP contribution in [-0.4, -0.2) is 53.6 Å². The predicted octanol–water partition coefficient (Wildman–Crippen LogP) is 1.80. The molecule has 0 bridgehead atoms. The van der Waals surface area contributed by atoms with E-state index >= 15 is 0 Å². The first-order valence-corrected chi connectivity index (χ1v) is 8.11. The van der Waals surface area contributed by atoms with Gasteiger partial charge in [0.1, 0.15) is 0 Å². The monoisotopic (exact) mass is 296 g/mol. The minimum Gasteiger partial charge on any atom is -0.393 e. The molecule has 20 heavy (non-hydrogen) atoms. The Bertz CT molecular complexity index is 412. The molecule has 1 N–H and O–H groups in total. The molecule has 1 aromatic rings. The summed E-state index contributed by atoms with van der Waals surface area (Å²) in [4.78, 5) is 17.4. The third kappa shape index (κ3) is 4.30. The maximum atomic E-state index is 12.2. The molecule has 2 heterocycles. The number of carbonyl (C=O) groups is 1. The van der Waals surface area contributed by atoms with Gasteiger partial charge in [-0.2, -0.15) is 0 Å². The molecule has 1 amide bonds. The number of carbonyl (C=O) groups excluding carboxylic acids is 1. The molecule has 1 aliphatic heterocycles. The largest absolute Gasteiger partial charge is 0.393 e. The molecule has 1 aromatic heterocycles. The van der Waals surface area contributed by atoms with E-state index in [0.717, 1.165) is 25.9 Å². The lowest BCUT2D eigenvalue weighted by molar-refractivity contribution is -0.132. The van der Waals surface area contributed by atoms with E-state index in [0.29, 0.717) is 19.0 Å². The van der Waals surface area contributed by atoms with E-state index in [1.165, 1.54) is 4.88 Å². The van der Waals surface area contributed by atoms with E-state index < -0.39 is 0 Å². The Hall–Kier alpha value is -0.910. The summed E-state index contributed by atoms with van der Waals surface area (Å²) in [5.74, 6) is 0.569. The minimum absolute atomic E-state index is 0.175. The number of hydrogen-bond donors (Lipinski definition) is 1. The highest BCUT2D eigenvalue weighted by Gasteiger charge is 2.24. The summed E-state index contributed by atoms with van der Waals surface area (Å²) in [6.45, 7) is 4.87. The van der Waals surface area contributed by atoms with Crippen molar-refractivity contribution in [1.82, 2.24) is 9.80 Å². The van der Waals surface area contributed by atoms with Gasteiger partial charge in [-0.1, -0.05) is 6.07 Å². The summed E-state index contributed by atoms with van der Waals surface area (Å²) in [7, 11) is 1.87. The van der Waals surface area contributed by atoms with Gasteiger partial charge in [0.15, 0.2) is 0 Å². The van der Waals surface area contributed by atoms with Crippen LogP contribution in [0.5, 0.6) is 0 Å². The number of rotatable bonds is 5. The molecule has 112 valence electrons. The third-order valence-corrected chi connectivity index (χ3v) is 4.93. The standard InChI is InChI=1S/C15H24N2O2S/c1-12(18)13-5-7-17(8-6-13)11-15(19)16(2)10-14-4-3-9-20-14/h3-4,9,12-13,18H,5-8,10-11H2,1-2H3. The molecular weight excluding hydrogens is 272 g/mol. The molecule has 0 radical (unpaired) electrons. The van der Waals surface area contributed by atoms with E-state index in [-0.39, 0.29) is 12.0 Å². The number of nitrogens with zero attached hydrogens (tertiary/aromatic N) is 2. The second-order valence-electron chi connectivity index (χ2n) is 5.68. The molecule has 0 saturated carbocycles. The molecule has 1 aliphatic rings. The fourth-order valence-corrected chi connectivity index (χ4v) is 3.39. The van der Waals surface area contributed by atoms with Gasteiger partial charge in [-0.15, -0.1) is 11.3 Å². The zero-order chi connectivity index (χ0) is 14.5. The Morgan fingerprint density at radius 1 is 1.55 bits per heavy atom. The fraction of sp³-hybridized carbons (Fsp3) is 0.667. The Morgan fingerprint density at radius 3 is 2.80 bits per heavy atom. The average Bonchev–Trinajstić information content (AvgIpc) is 2.92. The van der Waals surface area contributed by atoms with Crippen molar-refractivity contribution in [2.75, 3.05) is 26.7 Å². The lowest BCUT2D eigenvalue weighted by Gasteiger charge is -2.33. The molecule has 5 heteroatoms. The van der Waals surface area contributed by atoms with Crippen LogP contribution in [0.1, 0.15) is 24.6 Å². The van der Waals surface area contributed by atoms with Crippen LogP contribution in [0.15, 0.2) is 17.5 Å². The van der Waals surface area contributed by atoms with Crippen molar-refractivity contribution in [2.45, 2.75) is 32.4 Å². The number of piperidine rings is 1. The van der Waals surface area contributed by atoms with Gasteiger partial charge in [-0.3, -0.25) is 9.69 Å². The smallest absolute Gasteiger partial charge is 0.236 e. The van der Waals surface area contributed by atoms with Gasteiger partial charge in [0.2, 0.25) is 5.91 Å². The summed E-state index contributed by atoms with van der Waals surface area (Å²) < 4.78 is 0. The Balaban J connectivity index is 1.74. The van der Waals surface area contributed by atoms with Crippen molar-refractivity contribution >= 4 is 17.2 Å². The number of likely N-dealkylation sites (N-methyl/N-ethyl adjacent to an activating group) is 1. The van der Waals surface area contributed by atoms with E-state index in [1.54, 1.807) is 16.2 Å². The van der Waals surface area contributed by atoms with Gasteiger partial charge in [0, 0.05) is 11.9 Å². The van der Waals surface area contributed by atoms with E-state index in [2.05, 4.69) is 11.0 Å². The minimum atomic E-state index is -0.227. The normalized spacial score (nSPS) is 18.9. The van der Waals surface area contributed by atoms with Crippen molar-refractivity contribution in [1.29, 1.82) is 0 Å². The number of aliphatic hydroxyl groups excluding tert-OH is 1. The summed E-state index contributed by atoms with van der Waals surface area (Å²) in [6, 6.07) is 4.07. The number of likely N-dealkylation sites (tertiary alicyclic amines) is 1. The molecule has 0 aromatic carbocycles. The van der Waals surface area contributed by atoms with E-state index in [1.807, 2.05) is 25.4 Å². The van der Waals surface area contributed by atoms with Gasteiger partial charge in [-0.25, -0.2) is 0 Å². The molecule has 4 nitrogen and oxygen atoms in total. The molecule has 2 rings (SSSR count). The van der Waals surface area contributed by atoms with Crippen molar-refractivity contribution in [3.8, 4) is 0 Å². The topological polar surface area (TPSA) is 43.8 Å². The molecule has 1 fully saturated rings. The Kier molecular flexibility index (Phi) is 5.57. The first-order chi connectivity index (χ1) is 9.56. The second-order valence-corrected chi connectivity index (χ2v) is 6.72. The number of amides is 1. The maximum absolute atomic E-state index is 12.2. The van der Waals surface area contributed by atoms with Gasteiger partial charge in [0.05, 0.1) is 19.2 Å². The van der Waals surface area contributed by atoms with Crippen LogP contribution in [0.25, 0.3) is 0 Å². The van der Waals surface area contributed by atoms with Gasteiger partial charge >= 0.3 is 0 Å². The predicted molar refractivity (Wildman–Crippen MR) is 81.6 cm³/mol. The summed E-state index contributed by atoms with van der Waals surface area (Å²) in [5.41, 5.74) is 0. The molecule has 0 spiro atoms. The van der Waals surface area contributed by atoms with Crippen LogP contribution in [0.3, 0.4) is 0 Å².